The second-order valence-corrected chi connectivity index (χ2v) is 6.74. The Balaban J connectivity index is 2.25. The van der Waals surface area contributed by atoms with Crippen molar-refractivity contribution in [2.45, 2.75) is 39.3 Å². The number of rotatable bonds is 4. The molecule has 1 fully saturated rings. The Morgan fingerprint density at radius 3 is 2.71 bits per heavy atom. The van der Waals surface area contributed by atoms with E-state index in [0.29, 0.717) is 31.2 Å². The van der Waals surface area contributed by atoms with Crippen LogP contribution in [-0.4, -0.2) is 49.9 Å². The van der Waals surface area contributed by atoms with Gasteiger partial charge in [-0.1, -0.05) is 6.07 Å². The number of carbonyl (C=O) groups excluding carboxylic acids is 1. The second-order valence-electron chi connectivity index (χ2n) is 6.74. The Morgan fingerprint density at radius 1 is 1.33 bits per heavy atom. The smallest absolute Gasteiger partial charge is 0.410 e. The van der Waals surface area contributed by atoms with Crippen LogP contribution < -0.4 is 14.8 Å². The molecule has 0 aliphatic carbocycles. The van der Waals surface area contributed by atoms with Crippen LogP contribution in [0, 0.1) is 0 Å². The van der Waals surface area contributed by atoms with E-state index >= 15 is 0 Å². The van der Waals surface area contributed by atoms with Crippen molar-refractivity contribution < 1.29 is 19.0 Å². The van der Waals surface area contributed by atoms with Crippen molar-refractivity contribution in [2.24, 2.45) is 0 Å². The van der Waals surface area contributed by atoms with Crippen LogP contribution in [0.5, 0.6) is 11.5 Å². The zero-order valence-corrected chi connectivity index (χ0v) is 15.2. The van der Waals surface area contributed by atoms with E-state index in [4.69, 9.17) is 14.2 Å². The summed E-state index contributed by atoms with van der Waals surface area (Å²) in [4.78, 5) is 14.3. The third-order valence-corrected chi connectivity index (χ3v) is 3.74. The summed E-state index contributed by atoms with van der Waals surface area (Å²) in [6.07, 6.45) is -0.290. The Labute approximate surface area is 144 Å². The quantitative estimate of drug-likeness (QED) is 0.916. The first-order chi connectivity index (χ1) is 11.4. The van der Waals surface area contributed by atoms with E-state index in [0.717, 1.165) is 12.1 Å². The molecule has 0 bridgehead atoms. The van der Waals surface area contributed by atoms with Gasteiger partial charge in [0.05, 0.1) is 19.8 Å². The molecular formula is C18H28N2O4. The fourth-order valence-corrected chi connectivity index (χ4v) is 2.71. The van der Waals surface area contributed by atoms with Crippen LogP contribution in [0.25, 0.3) is 0 Å². The highest BCUT2D eigenvalue weighted by Crippen LogP contribution is 2.33. The van der Waals surface area contributed by atoms with Gasteiger partial charge in [0.1, 0.15) is 5.60 Å². The molecule has 2 rings (SSSR count). The molecule has 0 saturated carbocycles. The highest BCUT2D eigenvalue weighted by atomic mass is 16.6. The molecule has 6 nitrogen and oxygen atoms in total. The number of nitrogens with zero attached hydrogens (tertiary/aromatic N) is 1. The molecule has 1 amide bonds. The molecule has 24 heavy (non-hydrogen) atoms. The minimum Gasteiger partial charge on any atom is -0.493 e. The number of hydrogen-bond acceptors (Lipinski definition) is 5. The van der Waals surface area contributed by atoms with E-state index in [9.17, 15) is 4.79 Å². The first-order valence-electron chi connectivity index (χ1n) is 8.36. The van der Waals surface area contributed by atoms with Crippen molar-refractivity contribution in [3.8, 4) is 11.5 Å². The molecule has 1 aliphatic heterocycles. The number of hydrogen-bond donors (Lipinski definition) is 1. The standard InChI is InChI=1S/C18H28N2O4/c1-6-23-15-8-7-13(11-16(15)22-5)14-12-19-9-10-20(14)17(21)24-18(2,3)4/h7-8,11,14,19H,6,9-10,12H2,1-5H3. The van der Waals surface area contributed by atoms with E-state index < -0.39 is 5.60 Å². The van der Waals surface area contributed by atoms with Gasteiger partial charge in [-0.25, -0.2) is 4.79 Å². The summed E-state index contributed by atoms with van der Waals surface area (Å²) in [5.41, 5.74) is 0.483. The summed E-state index contributed by atoms with van der Waals surface area (Å²) in [6, 6.07) is 5.69. The number of benzene rings is 1. The summed E-state index contributed by atoms with van der Waals surface area (Å²) >= 11 is 0. The van der Waals surface area contributed by atoms with Gasteiger partial charge in [0, 0.05) is 19.6 Å². The van der Waals surface area contributed by atoms with Gasteiger partial charge in [0.15, 0.2) is 11.5 Å². The van der Waals surface area contributed by atoms with Crippen molar-refractivity contribution >= 4 is 6.09 Å². The molecule has 0 aromatic heterocycles. The van der Waals surface area contributed by atoms with Crippen LogP contribution in [0.1, 0.15) is 39.3 Å². The molecule has 6 heteroatoms. The SMILES string of the molecule is CCOc1ccc(C2CNCCN2C(=O)OC(C)(C)C)cc1OC. The summed E-state index contributed by atoms with van der Waals surface area (Å²) in [5, 5.41) is 3.34. The van der Waals surface area contributed by atoms with E-state index in [1.807, 2.05) is 45.9 Å². The van der Waals surface area contributed by atoms with Crippen molar-refractivity contribution in [3.05, 3.63) is 23.8 Å². The number of ether oxygens (including phenoxy) is 3. The Kier molecular flexibility index (Phi) is 5.94. The first-order valence-corrected chi connectivity index (χ1v) is 8.36. The Bertz CT molecular complexity index is 569. The Hall–Kier alpha value is -1.95. The maximum Gasteiger partial charge on any atom is 0.410 e. The molecule has 1 N–H and O–H groups in total. The normalized spacial score (nSPS) is 18.2. The molecule has 1 aromatic carbocycles. The van der Waals surface area contributed by atoms with Gasteiger partial charge in [-0.05, 0) is 45.4 Å². The topological polar surface area (TPSA) is 60.0 Å². The van der Waals surface area contributed by atoms with Gasteiger partial charge in [-0.2, -0.15) is 0 Å². The zero-order chi connectivity index (χ0) is 17.7. The van der Waals surface area contributed by atoms with Gasteiger partial charge in [-0.15, -0.1) is 0 Å². The molecule has 0 radical (unpaired) electrons. The predicted molar refractivity (Wildman–Crippen MR) is 92.7 cm³/mol. The maximum absolute atomic E-state index is 12.5. The van der Waals surface area contributed by atoms with E-state index in [-0.39, 0.29) is 12.1 Å². The van der Waals surface area contributed by atoms with Crippen molar-refractivity contribution in [2.75, 3.05) is 33.4 Å². The van der Waals surface area contributed by atoms with E-state index in [2.05, 4.69) is 5.32 Å². The molecule has 134 valence electrons. The summed E-state index contributed by atoms with van der Waals surface area (Å²) in [6.45, 7) is 10.2. The molecule has 1 unspecified atom stereocenters. The summed E-state index contributed by atoms with van der Waals surface area (Å²) in [7, 11) is 1.62. The number of carbonyl (C=O) groups is 1. The average Bonchev–Trinajstić information content (AvgIpc) is 2.54. The maximum atomic E-state index is 12.5. The van der Waals surface area contributed by atoms with E-state index in [1.165, 1.54) is 0 Å². The van der Waals surface area contributed by atoms with Crippen LogP contribution in [0.2, 0.25) is 0 Å². The van der Waals surface area contributed by atoms with Crippen LogP contribution in [-0.2, 0) is 4.74 Å². The summed E-state index contributed by atoms with van der Waals surface area (Å²) < 4.78 is 16.5. The largest absolute Gasteiger partial charge is 0.493 e. The third-order valence-electron chi connectivity index (χ3n) is 3.74. The van der Waals surface area contributed by atoms with Gasteiger partial charge in [-0.3, -0.25) is 4.90 Å². The third kappa shape index (κ3) is 4.54. The number of amides is 1. The molecule has 1 heterocycles. The molecule has 1 aromatic rings. The molecular weight excluding hydrogens is 308 g/mol. The fourth-order valence-electron chi connectivity index (χ4n) is 2.71. The molecule has 1 atom stereocenters. The lowest BCUT2D eigenvalue weighted by atomic mass is 10.0. The fraction of sp³-hybridized carbons (Fsp3) is 0.611. The van der Waals surface area contributed by atoms with Gasteiger partial charge in [0.25, 0.3) is 0 Å². The lowest BCUT2D eigenvalue weighted by molar-refractivity contribution is 0.0117. The number of nitrogens with one attached hydrogen (secondary N) is 1. The van der Waals surface area contributed by atoms with Crippen LogP contribution in [0.4, 0.5) is 4.79 Å². The average molecular weight is 336 g/mol. The first kappa shape index (κ1) is 18.4. The monoisotopic (exact) mass is 336 g/mol. The lowest BCUT2D eigenvalue weighted by Crippen LogP contribution is -2.50. The second kappa shape index (κ2) is 7.75. The van der Waals surface area contributed by atoms with Crippen LogP contribution >= 0.6 is 0 Å². The highest BCUT2D eigenvalue weighted by Gasteiger charge is 2.31. The number of piperazine rings is 1. The predicted octanol–water partition coefficient (Wildman–Crippen LogP) is 2.98. The lowest BCUT2D eigenvalue weighted by Gasteiger charge is -2.37. The van der Waals surface area contributed by atoms with Crippen molar-refractivity contribution in [1.29, 1.82) is 0 Å². The molecule has 1 saturated heterocycles. The van der Waals surface area contributed by atoms with E-state index in [1.54, 1.807) is 12.0 Å². The van der Waals surface area contributed by atoms with Crippen molar-refractivity contribution in [1.82, 2.24) is 10.2 Å². The minimum absolute atomic E-state index is 0.0989. The van der Waals surface area contributed by atoms with Crippen LogP contribution in [0.15, 0.2) is 18.2 Å². The molecule has 0 spiro atoms. The van der Waals surface area contributed by atoms with Gasteiger partial charge in [0.2, 0.25) is 0 Å². The van der Waals surface area contributed by atoms with Crippen LogP contribution in [0.3, 0.4) is 0 Å². The zero-order valence-electron chi connectivity index (χ0n) is 15.2. The Morgan fingerprint density at radius 2 is 2.08 bits per heavy atom. The highest BCUT2D eigenvalue weighted by molar-refractivity contribution is 5.69. The van der Waals surface area contributed by atoms with Gasteiger partial charge >= 0.3 is 6.09 Å². The van der Waals surface area contributed by atoms with Crippen molar-refractivity contribution in [3.63, 3.8) is 0 Å². The number of methoxy groups -OCH3 is 1. The summed E-state index contributed by atoms with van der Waals surface area (Å²) in [5.74, 6) is 1.38. The van der Waals surface area contributed by atoms with Gasteiger partial charge < -0.3 is 19.5 Å². The minimum atomic E-state index is -0.511. The molecule has 1 aliphatic rings.